The Bertz CT molecular complexity index is 1080. The maximum Gasteiger partial charge on any atom is 0.323 e. The molecule has 8 heteroatoms. The zero-order chi connectivity index (χ0) is 20.8. The van der Waals surface area contributed by atoms with Gasteiger partial charge in [0.15, 0.2) is 0 Å². The van der Waals surface area contributed by atoms with Crippen molar-refractivity contribution >= 4 is 23.5 Å². The van der Waals surface area contributed by atoms with Gasteiger partial charge in [-0.15, -0.1) is 0 Å². The van der Waals surface area contributed by atoms with Gasteiger partial charge in [0.1, 0.15) is 13.1 Å². The van der Waals surface area contributed by atoms with Crippen LogP contribution in [0.3, 0.4) is 0 Å². The van der Waals surface area contributed by atoms with Crippen molar-refractivity contribution in [3.05, 3.63) is 87.7 Å². The van der Waals surface area contributed by atoms with Crippen LogP contribution in [-0.2, 0) is 22.7 Å². The van der Waals surface area contributed by atoms with Gasteiger partial charge in [0, 0.05) is 23.2 Å². The third-order valence-corrected chi connectivity index (χ3v) is 4.59. The van der Waals surface area contributed by atoms with Gasteiger partial charge < -0.3 is 10.0 Å². The Kier molecular flexibility index (Phi) is 6.41. The molecule has 0 unspecified atom stereocenters. The van der Waals surface area contributed by atoms with Crippen LogP contribution in [0.25, 0.3) is 11.3 Å². The number of rotatable bonds is 7. The Morgan fingerprint density at radius 2 is 1.69 bits per heavy atom. The van der Waals surface area contributed by atoms with E-state index in [0.717, 1.165) is 15.1 Å². The number of carbonyl (C=O) groups is 2. The average Bonchev–Trinajstić information content (AvgIpc) is 2.71. The van der Waals surface area contributed by atoms with Crippen LogP contribution in [0.15, 0.2) is 71.5 Å². The van der Waals surface area contributed by atoms with Crippen molar-refractivity contribution in [1.29, 1.82) is 0 Å². The molecular weight excluding hydrogens is 394 g/mol. The van der Waals surface area contributed by atoms with E-state index in [9.17, 15) is 19.5 Å². The minimum absolute atomic E-state index is 0.0118. The highest BCUT2D eigenvalue weighted by Crippen LogP contribution is 2.17. The first-order chi connectivity index (χ1) is 13.9. The summed E-state index contributed by atoms with van der Waals surface area (Å²) in [7, 11) is 0. The van der Waals surface area contributed by atoms with Crippen molar-refractivity contribution in [1.82, 2.24) is 14.7 Å². The van der Waals surface area contributed by atoms with E-state index in [1.807, 2.05) is 30.3 Å². The molecule has 0 atom stereocenters. The standard InChI is InChI=1S/C21H18ClN3O4/c22-17-9-5-4-8-16(17)12-24(14-21(28)29)20(27)13-25-19(26)11-10-18(23-25)15-6-2-1-3-7-15/h1-11H,12-14H2,(H,28,29). The van der Waals surface area contributed by atoms with E-state index < -0.39 is 24.0 Å². The number of hydrogen-bond donors (Lipinski definition) is 1. The third-order valence-electron chi connectivity index (χ3n) is 4.22. The Balaban J connectivity index is 1.85. The van der Waals surface area contributed by atoms with Crippen LogP contribution in [0.4, 0.5) is 0 Å². The molecule has 0 aliphatic heterocycles. The molecule has 0 bridgehead atoms. The summed E-state index contributed by atoms with van der Waals surface area (Å²) in [5.74, 6) is -1.71. The minimum atomic E-state index is -1.16. The zero-order valence-electron chi connectivity index (χ0n) is 15.4. The lowest BCUT2D eigenvalue weighted by molar-refractivity contribution is -0.145. The van der Waals surface area contributed by atoms with Crippen molar-refractivity contribution in [3.8, 4) is 11.3 Å². The van der Waals surface area contributed by atoms with Crippen LogP contribution in [-0.4, -0.2) is 38.2 Å². The van der Waals surface area contributed by atoms with E-state index in [1.165, 1.54) is 6.07 Å². The highest BCUT2D eigenvalue weighted by molar-refractivity contribution is 6.31. The molecule has 1 N–H and O–H groups in total. The summed E-state index contributed by atoms with van der Waals surface area (Å²) in [6.07, 6.45) is 0. The van der Waals surface area contributed by atoms with E-state index in [-0.39, 0.29) is 13.1 Å². The largest absolute Gasteiger partial charge is 0.480 e. The molecule has 0 saturated carbocycles. The van der Waals surface area contributed by atoms with Crippen LogP contribution in [0.2, 0.25) is 5.02 Å². The number of amides is 1. The summed E-state index contributed by atoms with van der Waals surface area (Å²) in [6.45, 7) is -0.883. The molecule has 1 aromatic heterocycles. The number of hydrogen-bond acceptors (Lipinski definition) is 4. The van der Waals surface area contributed by atoms with Crippen molar-refractivity contribution in [2.24, 2.45) is 0 Å². The first-order valence-electron chi connectivity index (χ1n) is 8.80. The van der Waals surface area contributed by atoms with Gasteiger partial charge in [-0.1, -0.05) is 60.1 Å². The van der Waals surface area contributed by atoms with E-state index in [1.54, 1.807) is 30.3 Å². The Morgan fingerprint density at radius 3 is 2.38 bits per heavy atom. The molecular formula is C21H18ClN3O4. The quantitative estimate of drug-likeness (QED) is 0.645. The van der Waals surface area contributed by atoms with Gasteiger partial charge in [-0.2, -0.15) is 5.10 Å². The summed E-state index contributed by atoms with van der Waals surface area (Å²) in [4.78, 5) is 37.3. The monoisotopic (exact) mass is 411 g/mol. The maximum absolute atomic E-state index is 12.8. The van der Waals surface area contributed by atoms with Crippen molar-refractivity contribution < 1.29 is 14.7 Å². The molecule has 0 radical (unpaired) electrons. The second kappa shape index (κ2) is 9.16. The smallest absolute Gasteiger partial charge is 0.323 e. The molecule has 3 rings (SSSR count). The van der Waals surface area contributed by atoms with E-state index >= 15 is 0 Å². The molecule has 0 aliphatic carbocycles. The lowest BCUT2D eigenvalue weighted by atomic mass is 10.1. The van der Waals surface area contributed by atoms with Gasteiger partial charge in [0.2, 0.25) is 5.91 Å². The van der Waals surface area contributed by atoms with Gasteiger partial charge in [-0.3, -0.25) is 14.4 Å². The number of aliphatic carboxylic acids is 1. The molecule has 7 nitrogen and oxygen atoms in total. The van der Waals surface area contributed by atoms with Crippen molar-refractivity contribution in [3.63, 3.8) is 0 Å². The highest BCUT2D eigenvalue weighted by atomic mass is 35.5. The summed E-state index contributed by atoms with van der Waals surface area (Å²) < 4.78 is 1.03. The van der Waals surface area contributed by atoms with Crippen LogP contribution in [0.1, 0.15) is 5.56 Å². The molecule has 0 fully saturated rings. The van der Waals surface area contributed by atoms with Crippen molar-refractivity contribution in [2.45, 2.75) is 13.1 Å². The molecule has 3 aromatic rings. The minimum Gasteiger partial charge on any atom is -0.480 e. The number of halogens is 1. The summed E-state index contributed by atoms with van der Waals surface area (Å²) >= 11 is 6.13. The van der Waals surface area contributed by atoms with Crippen LogP contribution < -0.4 is 5.56 Å². The molecule has 1 heterocycles. The number of aromatic nitrogens is 2. The number of carbonyl (C=O) groups excluding carboxylic acids is 1. The first-order valence-corrected chi connectivity index (χ1v) is 9.18. The fourth-order valence-corrected chi connectivity index (χ4v) is 2.98. The Hall–Kier alpha value is -3.45. The van der Waals surface area contributed by atoms with Crippen LogP contribution >= 0.6 is 11.6 Å². The second-order valence-corrected chi connectivity index (χ2v) is 6.72. The second-order valence-electron chi connectivity index (χ2n) is 6.32. The van der Waals surface area contributed by atoms with Crippen molar-refractivity contribution in [2.75, 3.05) is 6.54 Å². The lowest BCUT2D eigenvalue weighted by Crippen LogP contribution is -2.39. The Labute approximate surface area is 171 Å². The van der Waals surface area contributed by atoms with E-state index in [2.05, 4.69) is 5.10 Å². The number of carboxylic acid groups (broad SMARTS) is 1. The fraction of sp³-hybridized carbons (Fsp3) is 0.143. The van der Waals surface area contributed by atoms with Gasteiger partial charge in [0.25, 0.3) is 5.56 Å². The number of benzene rings is 2. The molecule has 0 spiro atoms. The van der Waals surface area contributed by atoms with Gasteiger partial charge in [0.05, 0.1) is 5.69 Å². The van der Waals surface area contributed by atoms with E-state index in [4.69, 9.17) is 11.6 Å². The highest BCUT2D eigenvalue weighted by Gasteiger charge is 2.20. The molecule has 1 amide bonds. The average molecular weight is 412 g/mol. The summed E-state index contributed by atoms with van der Waals surface area (Å²) in [6, 6.07) is 19.0. The Morgan fingerprint density at radius 1 is 1.00 bits per heavy atom. The van der Waals surface area contributed by atoms with Crippen LogP contribution in [0, 0.1) is 0 Å². The fourth-order valence-electron chi connectivity index (χ4n) is 2.78. The zero-order valence-corrected chi connectivity index (χ0v) is 16.1. The van der Waals surface area contributed by atoms with Crippen LogP contribution in [0.5, 0.6) is 0 Å². The molecule has 0 saturated heterocycles. The summed E-state index contributed by atoms with van der Waals surface area (Å²) in [5, 5.41) is 13.9. The number of carboxylic acids is 1. The molecule has 148 valence electrons. The topological polar surface area (TPSA) is 92.5 Å². The van der Waals surface area contributed by atoms with E-state index in [0.29, 0.717) is 16.3 Å². The van der Waals surface area contributed by atoms with Gasteiger partial charge in [-0.05, 0) is 17.7 Å². The summed E-state index contributed by atoms with van der Waals surface area (Å²) in [5.41, 5.74) is 1.49. The predicted molar refractivity (Wildman–Crippen MR) is 108 cm³/mol. The molecule has 0 aliphatic rings. The predicted octanol–water partition coefficient (Wildman–Crippen LogP) is 2.68. The van der Waals surface area contributed by atoms with Gasteiger partial charge >= 0.3 is 5.97 Å². The normalized spacial score (nSPS) is 10.5. The lowest BCUT2D eigenvalue weighted by Gasteiger charge is -2.21. The van der Waals surface area contributed by atoms with Gasteiger partial charge in [-0.25, -0.2) is 4.68 Å². The number of nitrogens with zero attached hydrogens (tertiary/aromatic N) is 3. The SMILES string of the molecule is O=C(O)CN(Cc1ccccc1Cl)C(=O)Cn1nc(-c2ccccc2)ccc1=O. The first kappa shape index (κ1) is 20.3. The third kappa shape index (κ3) is 5.30. The molecule has 29 heavy (non-hydrogen) atoms. The molecule has 2 aromatic carbocycles. The maximum atomic E-state index is 12.8.